The molecule has 6 heteroatoms. The molecule has 2 aliphatic rings. The molecule has 0 spiro atoms. The number of hydrogen-bond acceptors (Lipinski definition) is 3. The van der Waals surface area contributed by atoms with E-state index in [1.165, 1.54) is 6.92 Å². The second kappa shape index (κ2) is 6.52. The Morgan fingerprint density at radius 1 is 1.15 bits per heavy atom. The lowest BCUT2D eigenvalue weighted by Crippen LogP contribution is -2.32. The number of carbonyl (C=O) groups excluding carboxylic acids is 1. The summed E-state index contributed by atoms with van der Waals surface area (Å²) in [5.41, 5.74) is 2.75. The van der Waals surface area contributed by atoms with Crippen LogP contribution >= 0.6 is 0 Å². The normalized spacial score (nSPS) is 16.8. The SMILES string of the molecule is CC(=O)N1CCc2cc(S(=O)(=O)N(Cc3ccccc3)C3CC3)ccc21. The first-order valence-corrected chi connectivity index (χ1v) is 10.4. The number of rotatable bonds is 5. The van der Waals surface area contributed by atoms with Gasteiger partial charge in [-0.05, 0) is 48.6 Å². The molecule has 0 radical (unpaired) electrons. The third-order valence-corrected chi connectivity index (χ3v) is 6.96. The van der Waals surface area contributed by atoms with E-state index in [1.54, 1.807) is 27.4 Å². The lowest BCUT2D eigenvalue weighted by atomic mass is 10.2. The summed E-state index contributed by atoms with van der Waals surface area (Å²) in [6.07, 6.45) is 2.52. The smallest absolute Gasteiger partial charge is 0.243 e. The molecule has 5 nitrogen and oxygen atoms in total. The summed E-state index contributed by atoms with van der Waals surface area (Å²) >= 11 is 0. The maximum absolute atomic E-state index is 13.3. The number of hydrogen-bond donors (Lipinski definition) is 0. The number of anilines is 1. The van der Waals surface area contributed by atoms with E-state index in [0.717, 1.165) is 29.7 Å². The fourth-order valence-electron chi connectivity index (χ4n) is 3.54. The zero-order chi connectivity index (χ0) is 18.3. The molecule has 136 valence electrons. The van der Waals surface area contributed by atoms with Crippen LogP contribution in [0.4, 0.5) is 5.69 Å². The first-order valence-electron chi connectivity index (χ1n) is 8.93. The van der Waals surface area contributed by atoms with Gasteiger partial charge in [0.15, 0.2) is 0 Å². The Morgan fingerprint density at radius 2 is 1.88 bits per heavy atom. The van der Waals surface area contributed by atoms with Gasteiger partial charge in [0.25, 0.3) is 0 Å². The van der Waals surface area contributed by atoms with Crippen molar-refractivity contribution in [3.8, 4) is 0 Å². The topological polar surface area (TPSA) is 57.7 Å². The van der Waals surface area contributed by atoms with Gasteiger partial charge in [-0.1, -0.05) is 30.3 Å². The number of amides is 1. The number of nitrogens with zero attached hydrogens (tertiary/aromatic N) is 2. The third kappa shape index (κ3) is 3.15. The zero-order valence-corrected chi connectivity index (χ0v) is 15.6. The fraction of sp³-hybridized carbons (Fsp3) is 0.350. The van der Waals surface area contributed by atoms with Crippen LogP contribution in [0.1, 0.15) is 30.9 Å². The summed E-state index contributed by atoms with van der Waals surface area (Å²) in [6, 6.07) is 14.9. The molecule has 1 aliphatic heterocycles. The zero-order valence-electron chi connectivity index (χ0n) is 14.8. The molecule has 2 aromatic carbocycles. The Kier molecular flexibility index (Phi) is 4.32. The number of benzene rings is 2. The summed E-state index contributed by atoms with van der Waals surface area (Å²) in [4.78, 5) is 13.7. The van der Waals surface area contributed by atoms with E-state index >= 15 is 0 Å². The first-order chi connectivity index (χ1) is 12.5. The van der Waals surface area contributed by atoms with E-state index in [9.17, 15) is 13.2 Å². The Morgan fingerprint density at radius 3 is 2.54 bits per heavy atom. The van der Waals surface area contributed by atoms with Crippen LogP contribution in [0.5, 0.6) is 0 Å². The van der Waals surface area contributed by atoms with Crippen LogP contribution < -0.4 is 4.90 Å². The quantitative estimate of drug-likeness (QED) is 0.813. The average molecular weight is 370 g/mol. The monoisotopic (exact) mass is 370 g/mol. The Labute approximate surface area is 154 Å². The van der Waals surface area contributed by atoms with Crippen molar-refractivity contribution in [3.05, 3.63) is 59.7 Å². The van der Waals surface area contributed by atoms with E-state index in [1.807, 2.05) is 30.3 Å². The summed E-state index contributed by atoms with van der Waals surface area (Å²) in [7, 11) is -3.57. The molecule has 0 saturated heterocycles. The van der Waals surface area contributed by atoms with E-state index in [2.05, 4.69) is 0 Å². The van der Waals surface area contributed by atoms with Crippen LogP contribution in [-0.2, 0) is 27.8 Å². The van der Waals surface area contributed by atoms with Crippen LogP contribution in [0.25, 0.3) is 0 Å². The molecule has 1 heterocycles. The van der Waals surface area contributed by atoms with Gasteiger partial charge in [-0.2, -0.15) is 4.31 Å². The Bertz CT molecular complexity index is 937. The van der Waals surface area contributed by atoms with E-state index in [4.69, 9.17) is 0 Å². The van der Waals surface area contributed by atoms with Crippen molar-refractivity contribution >= 4 is 21.6 Å². The van der Waals surface area contributed by atoms with Crippen molar-refractivity contribution in [2.24, 2.45) is 0 Å². The predicted molar refractivity (Wildman–Crippen MR) is 100 cm³/mol. The highest BCUT2D eigenvalue weighted by atomic mass is 32.2. The van der Waals surface area contributed by atoms with Crippen molar-refractivity contribution in [2.45, 2.75) is 43.7 Å². The number of fused-ring (bicyclic) bond motifs is 1. The van der Waals surface area contributed by atoms with Gasteiger partial charge in [-0.3, -0.25) is 4.79 Å². The molecule has 26 heavy (non-hydrogen) atoms. The minimum atomic E-state index is -3.57. The van der Waals surface area contributed by atoms with Gasteiger partial charge >= 0.3 is 0 Å². The van der Waals surface area contributed by atoms with Crippen LogP contribution in [0, 0.1) is 0 Å². The molecule has 1 amide bonds. The summed E-state index contributed by atoms with van der Waals surface area (Å²) in [6.45, 7) is 2.55. The lowest BCUT2D eigenvalue weighted by Gasteiger charge is -2.23. The summed E-state index contributed by atoms with van der Waals surface area (Å²) < 4.78 is 28.2. The molecule has 0 aromatic heterocycles. The molecule has 4 rings (SSSR count). The minimum absolute atomic E-state index is 0.0111. The van der Waals surface area contributed by atoms with Crippen molar-refractivity contribution in [1.29, 1.82) is 0 Å². The van der Waals surface area contributed by atoms with E-state index in [0.29, 0.717) is 24.4 Å². The highest BCUT2D eigenvalue weighted by molar-refractivity contribution is 7.89. The second-order valence-corrected chi connectivity index (χ2v) is 8.87. The van der Waals surface area contributed by atoms with Crippen LogP contribution in [0.2, 0.25) is 0 Å². The molecule has 0 bridgehead atoms. The molecular weight excluding hydrogens is 348 g/mol. The lowest BCUT2D eigenvalue weighted by molar-refractivity contribution is -0.116. The highest BCUT2D eigenvalue weighted by Gasteiger charge is 2.38. The van der Waals surface area contributed by atoms with Gasteiger partial charge in [-0.25, -0.2) is 8.42 Å². The summed E-state index contributed by atoms with van der Waals surface area (Å²) in [5.74, 6) is -0.0111. The number of sulfonamides is 1. The van der Waals surface area contributed by atoms with E-state index in [-0.39, 0.29) is 11.9 Å². The van der Waals surface area contributed by atoms with Crippen LogP contribution in [0.15, 0.2) is 53.4 Å². The molecule has 0 N–H and O–H groups in total. The Hall–Kier alpha value is -2.18. The summed E-state index contributed by atoms with van der Waals surface area (Å²) in [5, 5.41) is 0. The molecule has 0 unspecified atom stereocenters. The van der Waals surface area contributed by atoms with E-state index < -0.39 is 10.0 Å². The molecular formula is C20H22N2O3S. The largest absolute Gasteiger partial charge is 0.312 e. The molecule has 2 aromatic rings. The van der Waals surface area contributed by atoms with Crippen LogP contribution in [-0.4, -0.2) is 31.2 Å². The van der Waals surface area contributed by atoms with Crippen LogP contribution in [0.3, 0.4) is 0 Å². The van der Waals surface area contributed by atoms with Gasteiger partial charge in [-0.15, -0.1) is 0 Å². The molecule has 1 saturated carbocycles. The maximum atomic E-state index is 13.3. The predicted octanol–water partition coefficient (Wildman–Crippen LogP) is 2.95. The van der Waals surface area contributed by atoms with Gasteiger partial charge in [0.2, 0.25) is 15.9 Å². The highest BCUT2D eigenvalue weighted by Crippen LogP contribution is 2.36. The number of carbonyl (C=O) groups is 1. The maximum Gasteiger partial charge on any atom is 0.243 e. The molecule has 1 fully saturated rings. The standard InChI is InChI=1S/C20H22N2O3S/c1-15(23)21-12-11-17-13-19(9-10-20(17)21)26(24,25)22(18-7-8-18)14-16-5-3-2-4-6-16/h2-6,9-10,13,18H,7-8,11-12,14H2,1H3. The second-order valence-electron chi connectivity index (χ2n) is 6.98. The third-order valence-electron chi connectivity index (χ3n) is 5.07. The van der Waals surface area contributed by atoms with Crippen molar-refractivity contribution in [3.63, 3.8) is 0 Å². The Balaban J connectivity index is 1.66. The van der Waals surface area contributed by atoms with Gasteiger partial charge in [0.1, 0.15) is 0 Å². The van der Waals surface area contributed by atoms with Crippen molar-refractivity contribution in [2.75, 3.05) is 11.4 Å². The van der Waals surface area contributed by atoms with Crippen molar-refractivity contribution < 1.29 is 13.2 Å². The van der Waals surface area contributed by atoms with Crippen molar-refractivity contribution in [1.82, 2.24) is 4.31 Å². The van der Waals surface area contributed by atoms with Gasteiger partial charge in [0, 0.05) is 31.7 Å². The van der Waals surface area contributed by atoms with Gasteiger partial charge in [0.05, 0.1) is 4.90 Å². The van der Waals surface area contributed by atoms with Gasteiger partial charge < -0.3 is 4.90 Å². The average Bonchev–Trinajstić information content (AvgIpc) is 3.37. The first kappa shape index (κ1) is 17.2. The molecule has 0 atom stereocenters. The minimum Gasteiger partial charge on any atom is -0.312 e. The fourth-order valence-corrected chi connectivity index (χ4v) is 5.26. The molecule has 1 aliphatic carbocycles.